The minimum absolute atomic E-state index is 0.356. The molecule has 0 unspecified atom stereocenters. The van der Waals surface area contributed by atoms with E-state index in [1.165, 1.54) is 12.7 Å². The molecule has 0 amide bonds. The van der Waals surface area contributed by atoms with E-state index in [1.54, 1.807) is 6.20 Å². The second-order valence-corrected chi connectivity index (χ2v) is 5.14. The normalized spacial score (nSPS) is 13.7. The Morgan fingerprint density at radius 3 is 3.00 bits per heavy atom. The van der Waals surface area contributed by atoms with Crippen molar-refractivity contribution in [3.63, 3.8) is 0 Å². The number of hydrogen-bond donors (Lipinski definition) is 0. The largest absolute Gasteiger partial charge is 0.465 e. The molecule has 21 heavy (non-hydrogen) atoms. The van der Waals surface area contributed by atoms with E-state index in [-0.39, 0.29) is 5.97 Å². The Morgan fingerprint density at radius 2 is 2.24 bits per heavy atom. The number of hydrogen-bond acceptors (Lipinski definition) is 5. The van der Waals surface area contributed by atoms with Gasteiger partial charge in [-0.3, -0.25) is 4.98 Å². The number of nitrogens with zero attached hydrogens (tertiary/aromatic N) is 3. The maximum atomic E-state index is 11.5. The van der Waals surface area contributed by atoms with Crippen molar-refractivity contribution < 1.29 is 9.53 Å². The van der Waals surface area contributed by atoms with Crippen LogP contribution >= 0.6 is 0 Å². The summed E-state index contributed by atoms with van der Waals surface area (Å²) in [6.45, 7) is 3.65. The first-order valence-electron chi connectivity index (χ1n) is 6.91. The molecule has 0 aliphatic carbocycles. The SMILES string of the molecule is COC(=O)c1cnc(N2CCc3ncccc3C2)c(C)c1. The third-order valence-electron chi connectivity index (χ3n) is 3.74. The maximum Gasteiger partial charge on any atom is 0.339 e. The van der Waals surface area contributed by atoms with Crippen LogP contribution in [-0.2, 0) is 17.7 Å². The molecule has 3 rings (SSSR count). The van der Waals surface area contributed by atoms with Gasteiger partial charge in [-0.05, 0) is 30.2 Å². The van der Waals surface area contributed by atoms with E-state index in [2.05, 4.69) is 20.9 Å². The Labute approximate surface area is 123 Å². The highest BCUT2D eigenvalue weighted by molar-refractivity contribution is 5.89. The molecule has 1 aliphatic rings. The molecule has 0 N–H and O–H groups in total. The van der Waals surface area contributed by atoms with E-state index in [9.17, 15) is 4.79 Å². The summed E-state index contributed by atoms with van der Waals surface area (Å²) < 4.78 is 4.72. The number of esters is 1. The molecule has 2 aromatic rings. The Kier molecular flexibility index (Phi) is 3.56. The van der Waals surface area contributed by atoms with E-state index < -0.39 is 0 Å². The first kappa shape index (κ1) is 13.5. The molecule has 0 aromatic carbocycles. The molecular weight excluding hydrogens is 266 g/mol. The van der Waals surface area contributed by atoms with E-state index in [1.807, 2.05) is 25.3 Å². The van der Waals surface area contributed by atoms with Crippen molar-refractivity contribution in [3.05, 3.63) is 53.0 Å². The van der Waals surface area contributed by atoms with Crippen molar-refractivity contribution >= 4 is 11.8 Å². The second kappa shape index (κ2) is 5.52. The maximum absolute atomic E-state index is 11.5. The number of rotatable bonds is 2. The summed E-state index contributed by atoms with van der Waals surface area (Å²) in [5, 5.41) is 0. The van der Waals surface area contributed by atoms with Crippen LogP contribution in [0.2, 0.25) is 0 Å². The lowest BCUT2D eigenvalue weighted by atomic mass is 10.1. The molecule has 0 saturated heterocycles. The number of carbonyl (C=O) groups is 1. The predicted octanol–water partition coefficient (Wildman–Crippen LogP) is 2.13. The fourth-order valence-corrected chi connectivity index (χ4v) is 2.67. The Balaban J connectivity index is 1.87. The summed E-state index contributed by atoms with van der Waals surface area (Å²) in [5.41, 5.74) is 3.86. The van der Waals surface area contributed by atoms with Gasteiger partial charge in [0.2, 0.25) is 0 Å². The number of fused-ring (bicyclic) bond motifs is 1. The average Bonchev–Trinajstić information content (AvgIpc) is 2.53. The minimum Gasteiger partial charge on any atom is -0.465 e. The van der Waals surface area contributed by atoms with Gasteiger partial charge in [0.15, 0.2) is 0 Å². The molecule has 2 aromatic heterocycles. The minimum atomic E-state index is -0.356. The van der Waals surface area contributed by atoms with Crippen LogP contribution in [0.4, 0.5) is 5.82 Å². The number of pyridine rings is 2. The smallest absolute Gasteiger partial charge is 0.339 e. The highest BCUT2D eigenvalue weighted by atomic mass is 16.5. The predicted molar refractivity (Wildman–Crippen MR) is 79.3 cm³/mol. The molecule has 0 saturated carbocycles. The van der Waals surface area contributed by atoms with Gasteiger partial charge in [0, 0.05) is 37.6 Å². The number of anilines is 1. The number of aromatic nitrogens is 2. The van der Waals surface area contributed by atoms with E-state index in [0.29, 0.717) is 5.56 Å². The quantitative estimate of drug-likeness (QED) is 0.790. The van der Waals surface area contributed by atoms with Crippen LogP contribution in [-0.4, -0.2) is 29.6 Å². The zero-order valence-electron chi connectivity index (χ0n) is 12.2. The molecule has 108 valence electrons. The van der Waals surface area contributed by atoms with Crippen LogP contribution in [0.15, 0.2) is 30.6 Å². The van der Waals surface area contributed by atoms with Gasteiger partial charge >= 0.3 is 5.97 Å². The molecule has 0 radical (unpaired) electrons. The van der Waals surface area contributed by atoms with Gasteiger partial charge in [-0.15, -0.1) is 0 Å². The molecule has 5 nitrogen and oxygen atoms in total. The lowest BCUT2D eigenvalue weighted by Crippen LogP contribution is -2.32. The van der Waals surface area contributed by atoms with Crippen LogP contribution < -0.4 is 4.90 Å². The third-order valence-corrected chi connectivity index (χ3v) is 3.74. The van der Waals surface area contributed by atoms with Crippen molar-refractivity contribution in [1.82, 2.24) is 9.97 Å². The molecule has 5 heteroatoms. The van der Waals surface area contributed by atoms with Gasteiger partial charge in [-0.1, -0.05) is 6.07 Å². The van der Waals surface area contributed by atoms with Crippen LogP contribution in [0, 0.1) is 6.92 Å². The second-order valence-electron chi connectivity index (χ2n) is 5.14. The number of ether oxygens (including phenoxy) is 1. The van der Waals surface area contributed by atoms with E-state index in [4.69, 9.17) is 4.74 Å². The van der Waals surface area contributed by atoms with Gasteiger partial charge in [-0.25, -0.2) is 9.78 Å². The van der Waals surface area contributed by atoms with Crippen LogP contribution in [0.25, 0.3) is 0 Å². The monoisotopic (exact) mass is 283 g/mol. The fourth-order valence-electron chi connectivity index (χ4n) is 2.67. The zero-order valence-corrected chi connectivity index (χ0v) is 12.2. The zero-order chi connectivity index (χ0) is 14.8. The van der Waals surface area contributed by atoms with Gasteiger partial charge in [-0.2, -0.15) is 0 Å². The van der Waals surface area contributed by atoms with Crippen LogP contribution in [0.1, 0.15) is 27.2 Å². The summed E-state index contributed by atoms with van der Waals surface area (Å²) >= 11 is 0. The van der Waals surface area contributed by atoms with Gasteiger partial charge in [0.25, 0.3) is 0 Å². The first-order chi connectivity index (χ1) is 10.2. The van der Waals surface area contributed by atoms with Crippen molar-refractivity contribution in [2.24, 2.45) is 0 Å². The molecule has 3 heterocycles. The van der Waals surface area contributed by atoms with Crippen molar-refractivity contribution in [2.45, 2.75) is 19.9 Å². The Hall–Kier alpha value is -2.43. The van der Waals surface area contributed by atoms with Crippen molar-refractivity contribution in [1.29, 1.82) is 0 Å². The highest BCUT2D eigenvalue weighted by Crippen LogP contribution is 2.24. The van der Waals surface area contributed by atoms with E-state index >= 15 is 0 Å². The summed E-state index contributed by atoms with van der Waals surface area (Å²) in [5.74, 6) is 0.558. The third kappa shape index (κ3) is 2.59. The summed E-state index contributed by atoms with van der Waals surface area (Å²) in [6, 6.07) is 5.89. The molecule has 0 spiro atoms. The molecule has 0 atom stereocenters. The van der Waals surface area contributed by atoms with Crippen LogP contribution in [0.5, 0.6) is 0 Å². The first-order valence-corrected chi connectivity index (χ1v) is 6.91. The van der Waals surface area contributed by atoms with Crippen molar-refractivity contribution in [2.75, 3.05) is 18.6 Å². The molecule has 0 fully saturated rings. The molecular formula is C16H17N3O2. The number of aryl methyl sites for hydroxylation is 1. The lowest BCUT2D eigenvalue weighted by molar-refractivity contribution is 0.0600. The lowest BCUT2D eigenvalue weighted by Gasteiger charge is -2.30. The average molecular weight is 283 g/mol. The molecule has 1 aliphatic heterocycles. The fraction of sp³-hybridized carbons (Fsp3) is 0.312. The van der Waals surface area contributed by atoms with Gasteiger partial charge in [0.05, 0.1) is 12.7 Å². The van der Waals surface area contributed by atoms with Gasteiger partial charge < -0.3 is 9.64 Å². The summed E-state index contributed by atoms with van der Waals surface area (Å²) in [7, 11) is 1.38. The van der Waals surface area contributed by atoms with Crippen molar-refractivity contribution in [3.8, 4) is 0 Å². The number of carbonyl (C=O) groups excluding carboxylic acids is 1. The standard InChI is InChI=1S/C16H17N3O2/c1-11-8-13(16(20)21-2)9-18-15(11)19-7-5-14-12(10-19)4-3-6-17-14/h3-4,6,8-9H,5,7,10H2,1-2H3. The van der Waals surface area contributed by atoms with E-state index in [0.717, 1.165) is 36.6 Å². The topological polar surface area (TPSA) is 55.3 Å². The highest BCUT2D eigenvalue weighted by Gasteiger charge is 2.20. The summed E-state index contributed by atoms with van der Waals surface area (Å²) in [4.78, 5) is 22.6. The molecule has 0 bridgehead atoms. The number of methoxy groups -OCH3 is 1. The Bertz CT molecular complexity index is 685. The summed E-state index contributed by atoms with van der Waals surface area (Å²) in [6.07, 6.45) is 4.33. The van der Waals surface area contributed by atoms with Gasteiger partial charge in [0.1, 0.15) is 5.82 Å². The Morgan fingerprint density at radius 1 is 1.38 bits per heavy atom. The van der Waals surface area contributed by atoms with Crippen LogP contribution in [0.3, 0.4) is 0 Å².